The number of ether oxygens (including phenoxy) is 3. The number of carbonyl (C=O) groups is 6. The van der Waals surface area contributed by atoms with Crippen LogP contribution in [0.2, 0.25) is 0 Å². The highest BCUT2D eigenvalue weighted by molar-refractivity contribution is 6.03. The zero-order valence-corrected chi connectivity index (χ0v) is 22.3. The van der Waals surface area contributed by atoms with Crippen molar-refractivity contribution in [1.29, 1.82) is 0 Å². The van der Waals surface area contributed by atoms with Crippen molar-refractivity contribution < 1.29 is 63.4 Å². The molecule has 2 aliphatic carbocycles. The Kier molecular flexibility index (Phi) is 10.5. The van der Waals surface area contributed by atoms with Crippen LogP contribution in [0.4, 0.5) is 0 Å². The summed E-state index contributed by atoms with van der Waals surface area (Å²) >= 11 is 0. The number of carboxylic acids is 4. The van der Waals surface area contributed by atoms with Crippen LogP contribution in [-0.4, -0.2) is 82.7 Å². The van der Waals surface area contributed by atoms with Crippen LogP contribution < -0.4 is 0 Å². The molecule has 0 saturated heterocycles. The number of hydrogen-bond donors (Lipinski definition) is 4. The van der Waals surface area contributed by atoms with E-state index in [0.717, 1.165) is 36.5 Å². The minimum Gasteiger partial charge on any atom is -0.480 e. The van der Waals surface area contributed by atoms with Crippen molar-refractivity contribution in [3.05, 3.63) is 71.9 Å². The number of hydrogen-bond acceptors (Lipinski definition) is 9. The SMILES string of the molecule is C=C(C)COCC1(C(=O)O)C=CC(C(=O)OC(=O)C2C=CC(COCC(=C)C)(C(=O)O)C=C2C(=O)O)C(C(=O)O)=C1. The molecule has 0 amide bonds. The molecule has 0 heterocycles. The topological polar surface area (TPSA) is 211 Å². The van der Waals surface area contributed by atoms with Crippen molar-refractivity contribution >= 4 is 35.8 Å². The van der Waals surface area contributed by atoms with Crippen molar-refractivity contribution in [3.63, 3.8) is 0 Å². The van der Waals surface area contributed by atoms with Crippen molar-refractivity contribution in [2.75, 3.05) is 26.4 Å². The van der Waals surface area contributed by atoms with Crippen LogP contribution in [0.15, 0.2) is 71.9 Å². The lowest BCUT2D eigenvalue weighted by molar-refractivity contribution is -0.164. The molecule has 4 unspecified atom stereocenters. The van der Waals surface area contributed by atoms with Crippen LogP contribution in [0.5, 0.6) is 0 Å². The summed E-state index contributed by atoms with van der Waals surface area (Å²) in [7, 11) is 0. The van der Waals surface area contributed by atoms with Crippen molar-refractivity contribution in [2.45, 2.75) is 13.8 Å². The van der Waals surface area contributed by atoms with Gasteiger partial charge in [-0.15, -0.1) is 0 Å². The number of aliphatic carboxylic acids is 4. The highest BCUT2D eigenvalue weighted by atomic mass is 16.6. The van der Waals surface area contributed by atoms with E-state index < -0.39 is 82.8 Å². The average Bonchev–Trinajstić information content (AvgIpc) is 2.87. The summed E-state index contributed by atoms with van der Waals surface area (Å²) in [6.45, 7) is 9.55. The Labute approximate surface area is 234 Å². The lowest BCUT2D eigenvalue weighted by Crippen LogP contribution is -2.39. The number of esters is 2. The van der Waals surface area contributed by atoms with Gasteiger partial charge in [-0.05, 0) is 26.0 Å². The third kappa shape index (κ3) is 7.74. The van der Waals surface area contributed by atoms with Crippen LogP contribution in [0, 0.1) is 22.7 Å². The van der Waals surface area contributed by atoms with Gasteiger partial charge in [-0.25, -0.2) is 9.59 Å². The van der Waals surface area contributed by atoms with Gasteiger partial charge in [-0.1, -0.05) is 48.6 Å². The van der Waals surface area contributed by atoms with Crippen molar-refractivity contribution in [2.24, 2.45) is 22.7 Å². The zero-order chi connectivity index (χ0) is 31.1. The van der Waals surface area contributed by atoms with Gasteiger partial charge < -0.3 is 34.6 Å². The van der Waals surface area contributed by atoms with Gasteiger partial charge in [0.1, 0.15) is 22.7 Å². The molecular weight excluding hydrogens is 544 g/mol. The molecule has 220 valence electrons. The van der Waals surface area contributed by atoms with Gasteiger partial charge in [0, 0.05) is 0 Å². The van der Waals surface area contributed by atoms with Gasteiger partial charge in [0.2, 0.25) is 0 Å². The first-order valence-electron chi connectivity index (χ1n) is 12.0. The Balaban J connectivity index is 2.31. The Hall–Kier alpha value is -4.62. The Bertz CT molecular complexity index is 1200. The maximum atomic E-state index is 12.9. The molecule has 0 aromatic rings. The van der Waals surface area contributed by atoms with Crippen LogP contribution in [0.3, 0.4) is 0 Å². The van der Waals surface area contributed by atoms with Crippen molar-refractivity contribution in [3.8, 4) is 0 Å². The van der Waals surface area contributed by atoms with Crippen LogP contribution in [0.1, 0.15) is 13.8 Å². The van der Waals surface area contributed by atoms with Crippen LogP contribution in [0.25, 0.3) is 0 Å². The second-order valence-electron chi connectivity index (χ2n) is 9.81. The van der Waals surface area contributed by atoms with Crippen molar-refractivity contribution in [1.82, 2.24) is 0 Å². The molecule has 13 heteroatoms. The molecule has 0 saturated carbocycles. The molecule has 0 aliphatic heterocycles. The molecule has 0 bridgehead atoms. The highest BCUT2D eigenvalue weighted by Crippen LogP contribution is 2.36. The molecule has 0 spiro atoms. The standard InChI is InChI=1S/C28H30O13/c1-15(2)11-39-13-27(25(35)36)7-5-17(19(9-27)21(29)30)23(33)41-24(34)18-6-8-28(26(37)38,10-20(18)22(31)32)14-40-12-16(3)4/h5-10,17-18H,1,3,11-14H2,2,4H3,(H,29,30)(H,31,32)(H,35,36)(H,37,38). The molecule has 2 aliphatic rings. The van der Waals surface area contributed by atoms with Gasteiger partial charge in [0.15, 0.2) is 0 Å². The number of rotatable bonds is 14. The van der Waals surface area contributed by atoms with E-state index in [9.17, 15) is 49.2 Å². The van der Waals surface area contributed by atoms with E-state index in [-0.39, 0.29) is 13.2 Å². The molecule has 41 heavy (non-hydrogen) atoms. The summed E-state index contributed by atoms with van der Waals surface area (Å²) in [5.41, 5.74) is -4.14. The first-order chi connectivity index (χ1) is 19.0. The predicted molar refractivity (Wildman–Crippen MR) is 139 cm³/mol. The molecule has 4 N–H and O–H groups in total. The Morgan fingerprint density at radius 3 is 1.32 bits per heavy atom. The van der Waals surface area contributed by atoms with E-state index in [1.807, 2.05) is 0 Å². The second kappa shape index (κ2) is 13.2. The van der Waals surface area contributed by atoms with Gasteiger partial charge in [-0.2, -0.15) is 0 Å². The van der Waals surface area contributed by atoms with E-state index in [2.05, 4.69) is 13.2 Å². The molecule has 0 aromatic heterocycles. The summed E-state index contributed by atoms with van der Waals surface area (Å²) < 4.78 is 15.4. The zero-order valence-electron chi connectivity index (χ0n) is 22.3. The van der Waals surface area contributed by atoms with Crippen LogP contribution in [-0.2, 0) is 43.0 Å². The maximum absolute atomic E-state index is 12.9. The quantitative estimate of drug-likeness (QED) is 0.133. The molecule has 13 nitrogen and oxygen atoms in total. The summed E-state index contributed by atoms with van der Waals surface area (Å²) in [5.74, 6) is -12.5. The Morgan fingerprint density at radius 1 is 0.707 bits per heavy atom. The summed E-state index contributed by atoms with van der Waals surface area (Å²) in [6.07, 6.45) is 5.56. The van der Waals surface area contributed by atoms with Gasteiger partial charge >= 0.3 is 35.8 Å². The Morgan fingerprint density at radius 2 is 1.05 bits per heavy atom. The molecule has 4 atom stereocenters. The van der Waals surface area contributed by atoms with E-state index in [1.54, 1.807) is 13.8 Å². The summed E-state index contributed by atoms with van der Waals surface area (Å²) in [6, 6.07) is 0. The highest BCUT2D eigenvalue weighted by Gasteiger charge is 2.45. The van der Waals surface area contributed by atoms with E-state index in [4.69, 9.17) is 14.2 Å². The third-order valence-electron chi connectivity index (χ3n) is 6.05. The first-order valence-corrected chi connectivity index (χ1v) is 12.0. The minimum absolute atomic E-state index is 0.00337. The average molecular weight is 575 g/mol. The normalized spacial score (nSPS) is 24.9. The summed E-state index contributed by atoms with van der Waals surface area (Å²) in [4.78, 5) is 73.6. The van der Waals surface area contributed by atoms with Crippen LogP contribution >= 0.6 is 0 Å². The lowest BCUT2D eigenvalue weighted by Gasteiger charge is -2.29. The van der Waals surface area contributed by atoms with Gasteiger partial charge in [-0.3, -0.25) is 19.2 Å². The first kappa shape index (κ1) is 32.6. The van der Waals surface area contributed by atoms with E-state index >= 15 is 0 Å². The second-order valence-corrected chi connectivity index (χ2v) is 9.81. The van der Waals surface area contributed by atoms with E-state index in [1.165, 1.54) is 0 Å². The van der Waals surface area contributed by atoms with E-state index in [0.29, 0.717) is 11.1 Å². The fourth-order valence-corrected chi connectivity index (χ4v) is 3.96. The molecule has 2 rings (SSSR count). The van der Waals surface area contributed by atoms with Gasteiger partial charge in [0.05, 0.1) is 37.6 Å². The minimum atomic E-state index is -1.94. The predicted octanol–water partition coefficient (Wildman–Crippen LogP) is 1.78. The third-order valence-corrected chi connectivity index (χ3v) is 6.05. The number of carbonyl (C=O) groups excluding carboxylic acids is 2. The maximum Gasteiger partial charge on any atom is 0.332 e. The molecule has 0 fully saturated rings. The van der Waals surface area contributed by atoms with Gasteiger partial charge in [0.25, 0.3) is 0 Å². The fraction of sp³-hybridized carbons (Fsp3) is 0.357. The monoisotopic (exact) mass is 574 g/mol. The molecular formula is C28H30O13. The molecule has 0 aromatic carbocycles. The lowest BCUT2D eigenvalue weighted by atomic mass is 9.77. The molecule has 0 radical (unpaired) electrons. The smallest absolute Gasteiger partial charge is 0.332 e. The summed E-state index contributed by atoms with van der Waals surface area (Å²) in [5, 5.41) is 38.9. The number of carboxylic acid groups (broad SMARTS) is 4. The fourth-order valence-electron chi connectivity index (χ4n) is 3.96. The largest absolute Gasteiger partial charge is 0.480 e.